The fourth-order valence-corrected chi connectivity index (χ4v) is 3.34. The van der Waals surface area contributed by atoms with Crippen molar-refractivity contribution in [3.63, 3.8) is 0 Å². The van der Waals surface area contributed by atoms with Crippen LogP contribution in [-0.4, -0.2) is 35.8 Å². The molecule has 22 heavy (non-hydrogen) atoms. The smallest absolute Gasteiger partial charge is 0.226 e. The highest BCUT2D eigenvalue weighted by Gasteiger charge is 2.48. The van der Waals surface area contributed by atoms with Gasteiger partial charge in [-0.15, -0.1) is 0 Å². The van der Waals surface area contributed by atoms with Crippen LogP contribution in [0.4, 0.5) is 0 Å². The maximum Gasteiger partial charge on any atom is 0.226 e. The lowest BCUT2D eigenvalue weighted by Gasteiger charge is -2.33. The zero-order chi connectivity index (χ0) is 15.5. The van der Waals surface area contributed by atoms with Gasteiger partial charge in [0.25, 0.3) is 0 Å². The van der Waals surface area contributed by atoms with Crippen LogP contribution in [0.5, 0.6) is 0 Å². The van der Waals surface area contributed by atoms with Crippen molar-refractivity contribution in [3.05, 3.63) is 24.2 Å². The van der Waals surface area contributed by atoms with Gasteiger partial charge >= 0.3 is 0 Å². The summed E-state index contributed by atoms with van der Waals surface area (Å²) >= 11 is 0. The van der Waals surface area contributed by atoms with Gasteiger partial charge in [0.1, 0.15) is 5.76 Å². The topological polar surface area (TPSA) is 62.6 Å². The van der Waals surface area contributed by atoms with Crippen LogP contribution in [0.2, 0.25) is 0 Å². The average Bonchev–Trinajstić information content (AvgIpc) is 3.12. The third-order valence-corrected chi connectivity index (χ3v) is 4.59. The average molecular weight is 304 g/mol. The summed E-state index contributed by atoms with van der Waals surface area (Å²) in [4.78, 5) is 26.2. The van der Waals surface area contributed by atoms with Crippen LogP contribution in [0.25, 0.3) is 0 Å². The van der Waals surface area contributed by atoms with Crippen LogP contribution in [0, 0.1) is 5.92 Å². The van der Waals surface area contributed by atoms with Gasteiger partial charge in [-0.1, -0.05) is 6.92 Å². The maximum absolute atomic E-state index is 12.6. The van der Waals surface area contributed by atoms with Crippen LogP contribution in [0.15, 0.2) is 22.8 Å². The van der Waals surface area contributed by atoms with Crippen molar-refractivity contribution in [2.75, 3.05) is 13.1 Å². The number of piperidine rings is 1. The third-order valence-electron chi connectivity index (χ3n) is 4.59. The van der Waals surface area contributed by atoms with Gasteiger partial charge in [-0.3, -0.25) is 9.59 Å². The van der Waals surface area contributed by atoms with E-state index in [1.165, 1.54) is 0 Å². The Hall–Kier alpha value is -1.78. The Morgan fingerprint density at radius 2 is 2.32 bits per heavy atom. The van der Waals surface area contributed by atoms with E-state index in [0.29, 0.717) is 13.0 Å². The number of furan rings is 1. The number of hydrogen-bond acceptors (Lipinski definition) is 3. The highest BCUT2D eigenvalue weighted by Crippen LogP contribution is 2.48. The lowest BCUT2D eigenvalue weighted by atomic mass is 10.0. The molecule has 0 spiro atoms. The van der Waals surface area contributed by atoms with Crippen molar-refractivity contribution in [3.8, 4) is 0 Å². The van der Waals surface area contributed by atoms with Crippen molar-refractivity contribution >= 4 is 11.8 Å². The Bertz CT molecular complexity index is 526. The number of rotatable bonds is 5. The van der Waals surface area contributed by atoms with Gasteiger partial charge in [0, 0.05) is 37.4 Å². The Labute approximate surface area is 131 Å². The van der Waals surface area contributed by atoms with Gasteiger partial charge in [-0.2, -0.15) is 0 Å². The second kappa shape index (κ2) is 6.55. The predicted octanol–water partition coefficient (Wildman–Crippen LogP) is 2.29. The minimum Gasteiger partial charge on any atom is -0.469 e. The quantitative estimate of drug-likeness (QED) is 0.908. The molecule has 1 aliphatic heterocycles. The van der Waals surface area contributed by atoms with E-state index in [1.807, 2.05) is 24.0 Å². The van der Waals surface area contributed by atoms with E-state index < -0.39 is 0 Å². The molecule has 0 radical (unpaired) electrons. The summed E-state index contributed by atoms with van der Waals surface area (Å²) in [5.41, 5.74) is 0. The van der Waals surface area contributed by atoms with E-state index in [1.54, 1.807) is 6.26 Å². The molecular formula is C17H24N2O3. The molecule has 3 rings (SSSR count). The Balaban J connectivity index is 1.52. The van der Waals surface area contributed by atoms with E-state index in [2.05, 4.69) is 5.32 Å². The van der Waals surface area contributed by atoms with Gasteiger partial charge in [-0.25, -0.2) is 0 Å². The van der Waals surface area contributed by atoms with Crippen LogP contribution >= 0.6 is 0 Å². The molecule has 0 aromatic carbocycles. The molecule has 3 atom stereocenters. The summed E-state index contributed by atoms with van der Waals surface area (Å²) in [6.45, 7) is 3.45. The first kappa shape index (κ1) is 15.1. The summed E-state index contributed by atoms with van der Waals surface area (Å²) in [5.74, 6) is 1.55. The van der Waals surface area contributed by atoms with E-state index >= 15 is 0 Å². The largest absolute Gasteiger partial charge is 0.469 e. The van der Waals surface area contributed by atoms with Crippen LogP contribution in [0.3, 0.4) is 0 Å². The zero-order valence-corrected chi connectivity index (χ0v) is 13.1. The molecule has 0 bridgehead atoms. The second-order valence-electron chi connectivity index (χ2n) is 6.41. The SMILES string of the molecule is CCCC(=O)N[C@@H]1CCCN(C(=O)[C@@H]2C[C@H]2c2ccco2)C1. The molecule has 2 heterocycles. The maximum atomic E-state index is 12.6. The van der Waals surface area contributed by atoms with Crippen molar-refractivity contribution < 1.29 is 14.0 Å². The second-order valence-corrected chi connectivity index (χ2v) is 6.41. The Morgan fingerprint density at radius 3 is 3.05 bits per heavy atom. The van der Waals surface area contributed by atoms with Gasteiger partial charge in [-0.05, 0) is 37.8 Å². The number of hydrogen-bond donors (Lipinski definition) is 1. The molecule has 1 aliphatic carbocycles. The van der Waals surface area contributed by atoms with E-state index in [0.717, 1.165) is 38.0 Å². The summed E-state index contributed by atoms with van der Waals surface area (Å²) in [6, 6.07) is 3.93. The molecule has 2 aliphatic rings. The van der Waals surface area contributed by atoms with Gasteiger partial charge in [0.2, 0.25) is 11.8 Å². The summed E-state index contributed by atoms with van der Waals surface area (Å²) in [6.07, 6.45) is 5.89. The monoisotopic (exact) mass is 304 g/mol. The van der Waals surface area contributed by atoms with Crippen LogP contribution < -0.4 is 5.32 Å². The first-order chi connectivity index (χ1) is 10.7. The van der Waals surface area contributed by atoms with Gasteiger partial charge in [0.05, 0.1) is 6.26 Å². The molecule has 0 unspecified atom stereocenters. The first-order valence-corrected chi connectivity index (χ1v) is 8.30. The Kier molecular flexibility index (Phi) is 4.50. The molecule has 1 aromatic heterocycles. The third kappa shape index (κ3) is 3.34. The number of likely N-dealkylation sites (tertiary alicyclic amines) is 1. The highest BCUT2D eigenvalue weighted by molar-refractivity contribution is 5.83. The number of carbonyl (C=O) groups excluding carboxylic acids is 2. The van der Waals surface area contributed by atoms with Crippen molar-refractivity contribution in [2.45, 2.75) is 51.0 Å². The lowest BCUT2D eigenvalue weighted by Crippen LogP contribution is -2.50. The number of amides is 2. The Morgan fingerprint density at radius 1 is 1.45 bits per heavy atom. The lowest BCUT2D eigenvalue weighted by molar-refractivity contribution is -0.135. The fourth-order valence-electron chi connectivity index (χ4n) is 3.34. The molecule has 5 nitrogen and oxygen atoms in total. The molecule has 2 fully saturated rings. The van der Waals surface area contributed by atoms with E-state index in [-0.39, 0.29) is 29.7 Å². The molecule has 1 saturated heterocycles. The fraction of sp³-hybridized carbons (Fsp3) is 0.647. The summed E-state index contributed by atoms with van der Waals surface area (Å²) in [5, 5.41) is 3.05. The van der Waals surface area contributed by atoms with Crippen LogP contribution in [-0.2, 0) is 9.59 Å². The highest BCUT2D eigenvalue weighted by atomic mass is 16.3. The molecule has 1 aromatic rings. The summed E-state index contributed by atoms with van der Waals surface area (Å²) < 4.78 is 5.40. The van der Waals surface area contributed by atoms with Crippen molar-refractivity contribution in [2.24, 2.45) is 5.92 Å². The van der Waals surface area contributed by atoms with E-state index in [9.17, 15) is 9.59 Å². The molecular weight excluding hydrogens is 280 g/mol. The zero-order valence-electron chi connectivity index (χ0n) is 13.1. The summed E-state index contributed by atoms with van der Waals surface area (Å²) in [7, 11) is 0. The molecule has 2 amide bonds. The molecule has 120 valence electrons. The van der Waals surface area contributed by atoms with Crippen LogP contribution in [0.1, 0.15) is 50.7 Å². The molecule has 5 heteroatoms. The number of nitrogens with one attached hydrogen (secondary N) is 1. The normalized spacial score (nSPS) is 27.5. The minimum atomic E-state index is 0.0660. The van der Waals surface area contributed by atoms with Gasteiger partial charge < -0.3 is 14.6 Å². The minimum absolute atomic E-state index is 0.0660. The standard InChI is InChI=1S/C17H24N2O3/c1-2-5-16(20)18-12-6-3-8-19(11-12)17(21)14-10-13(14)15-7-4-9-22-15/h4,7,9,12-14H,2-3,5-6,8,10-11H2,1H3,(H,18,20)/t12-,13-,14-/m1/s1. The van der Waals surface area contributed by atoms with Crippen molar-refractivity contribution in [1.29, 1.82) is 0 Å². The first-order valence-electron chi connectivity index (χ1n) is 8.30. The molecule has 1 N–H and O–H groups in total. The number of carbonyl (C=O) groups is 2. The van der Waals surface area contributed by atoms with E-state index in [4.69, 9.17) is 4.42 Å². The van der Waals surface area contributed by atoms with Gasteiger partial charge in [0.15, 0.2) is 0 Å². The predicted molar refractivity (Wildman–Crippen MR) is 82.2 cm³/mol. The molecule has 1 saturated carbocycles. The van der Waals surface area contributed by atoms with Crippen molar-refractivity contribution in [1.82, 2.24) is 10.2 Å². The number of nitrogens with zero attached hydrogens (tertiary/aromatic N) is 1.